The van der Waals surface area contributed by atoms with Crippen molar-refractivity contribution < 1.29 is 4.79 Å². The van der Waals surface area contributed by atoms with Crippen molar-refractivity contribution in [3.63, 3.8) is 0 Å². The Labute approximate surface area is 132 Å². The first kappa shape index (κ1) is 15.1. The topological polar surface area (TPSA) is 62.1 Å². The van der Waals surface area contributed by atoms with E-state index in [2.05, 4.69) is 27.6 Å². The first-order chi connectivity index (χ1) is 9.70. The van der Waals surface area contributed by atoms with Crippen LogP contribution in [0.3, 0.4) is 0 Å². The quantitative estimate of drug-likeness (QED) is 0.754. The fourth-order valence-electron chi connectivity index (χ4n) is 2.00. The average molecular weight is 383 g/mol. The van der Waals surface area contributed by atoms with Crippen LogP contribution in [-0.4, -0.2) is 28.9 Å². The fraction of sp³-hybridized carbons (Fsp3) is 0.267. The molecule has 0 aliphatic rings. The van der Waals surface area contributed by atoms with Crippen LogP contribution in [0.1, 0.15) is 22.5 Å². The smallest absolute Gasteiger partial charge is 0.270 e. The van der Waals surface area contributed by atoms with Crippen molar-refractivity contribution in [1.29, 1.82) is 0 Å². The number of H-pyrrole nitrogens is 1. The Kier molecular flexibility index (Phi) is 5.60. The van der Waals surface area contributed by atoms with Crippen LogP contribution >= 0.6 is 22.6 Å². The molecule has 0 atom stereocenters. The highest BCUT2D eigenvalue weighted by molar-refractivity contribution is 14.1. The summed E-state index contributed by atoms with van der Waals surface area (Å²) < 4.78 is 1.03. The molecule has 3 N–H and O–H groups in total. The Morgan fingerprint density at radius 1 is 1.30 bits per heavy atom. The van der Waals surface area contributed by atoms with E-state index >= 15 is 0 Å². The zero-order valence-corrected chi connectivity index (χ0v) is 13.3. The van der Waals surface area contributed by atoms with E-state index in [1.54, 1.807) is 0 Å². The van der Waals surface area contributed by atoms with Crippen molar-refractivity contribution in [2.75, 3.05) is 13.1 Å². The molecule has 4 nitrogen and oxygen atoms in total. The van der Waals surface area contributed by atoms with Crippen LogP contribution in [0.15, 0.2) is 42.6 Å². The van der Waals surface area contributed by atoms with Crippen LogP contribution in [-0.2, 0) is 6.54 Å². The van der Waals surface area contributed by atoms with E-state index in [0.29, 0.717) is 25.3 Å². The van der Waals surface area contributed by atoms with E-state index in [1.807, 2.05) is 47.5 Å². The van der Waals surface area contributed by atoms with Gasteiger partial charge in [0.2, 0.25) is 0 Å². The van der Waals surface area contributed by atoms with Gasteiger partial charge in [0.1, 0.15) is 5.69 Å². The lowest BCUT2D eigenvalue weighted by Gasteiger charge is -2.22. The standard InChI is InChI=1S/C15H18IN3O/c16-13-9-14(18-10-13)15(20)19(8-4-7-17)11-12-5-2-1-3-6-12/h1-3,5-6,9-10,18H,4,7-8,11,17H2. The van der Waals surface area contributed by atoms with Crippen LogP contribution < -0.4 is 5.73 Å². The highest BCUT2D eigenvalue weighted by atomic mass is 127. The third-order valence-corrected chi connectivity index (χ3v) is 3.64. The molecule has 2 aromatic rings. The summed E-state index contributed by atoms with van der Waals surface area (Å²) >= 11 is 2.19. The van der Waals surface area contributed by atoms with Gasteiger partial charge < -0.3 is 15.6 Å². The van der Waals surface area contributed by atoms with Gasteiger partial charge in [0.15, 0.2) is 0 Å². The van der Waals surface area contributed by atoms with Gasteiger partial charge in [-0.1, -0.05) is 30.3 Å². The second-order valence-electron chi connectivity index (χ2n) is 4.59. The van der Waals surface area contributed by atoms with Crippen molar-refractivity contribution in [1.82, 2.24) is 9.88 Å². The summed E-state index contributed by atoms with van der Waals surface area (Å²) in [6.07, 6.45) is 2.63. The van der Waals surface area contributed by atoms with Gasteiger partial charge in [-0.3, -0.25) is 4.79 Å². The molecule has 0 saturated carbocycles. The predicted octanol–water partition coefficient (Wildman–Crippen LogP) is 2.61. The fourth-order valence-corrected chi connectivity index (χ4v) is 2.47. The number of carbonyl (C=O) groups excluding carboxylic acids is 1. The summed E-state index contributed by atoms with van der Waals surface area (Å²) in [6, 6.07) is 11.9. The van der Waals surface area contributed by atoms with Gasteiger partial charge in [-0.25, -0.2) is 0 Å². The maximum absolute atomic E-state index is 12.5. The lowest BCUT2D eigenvalue weighted by atomic mass is 10.2. The van der Waals surface area contributed by atoms with E-state index < -0.39 is 0 Å². The summed E-state index contributed by atoms with van der Waals surface area (Å²) in [5.41, 5.74) is 7.32. The third kappa shape index (κ3) is 4.08. The molecular formula is C15H18IN3O. The Balaban J connectivity index is 2.12. The molecule has 20 heavy (non-hydrogen) atoms. The van der Waals surface area contributed by atoms with E-state index in [9.17, 15) is 4.79 Å². The summed E-state index contributed by atoms with van der Waals surface area (Å²) in [4.78, 5) is 17.4. The molecule has 5 heteroatoms. The van der Waals surface area contributed by atoms with Gasteiger partial charge in [0.05, 0.1) is 0 Å². The van der Waals surface area contributed by atoms with E-state index in [4.69, 9.17) is 5.73 Å². The molecule has 0 spiro atoms. The first-order valence-electron chi connectivity index (χ1n) is 6.58. The number of amides is 1. The summed E-state index contributed by atoms with van der Waals surface area (Å²) in [5, 5.41) is 0. The van der Waals surface area contributed by atoms with Crippen LogP contribution in [0, 0.1) is 3.57 Å². The lowest BCUT2D eigenvalue weighted by molar-refractivity contribution is 0.0737. The minimum Gasteiger partial charge on any atom is -0.356 e. The van der Waals surface area contributed by atoms with Crippen LogP contribution in [0.2, 0.25) is 0 Å². The zero-order chi connectivity index (χ0) is 14.4. The van der Waals surface area contributed by atoms with Gasteiger partial charge >= 0.3 is 0 Å². The molecule has 0 aliphatic carbocycles. The SMILES string of the molecule is NCCCN(Cc1ccccc1)C(=O)c1cc(I)c[nH]1. The van der Waals surface area contributed by atoms with Crippen molar-refractivity contribution in [2.24, 2.45) is 5.73 Å². The number of nitrogens with zero attached hydrogens (tertiary/aromatic N) is 1. The molecule has 1 aromatic carbocycles. The van der Waals surface area contributed by atoms with Crippen LogP contribution in [0.25, 0.3) is 0 Å². The molecule has 1 amide bonds. The third-order valence-electron chi connectivity index (χ3n) is 3.01. The minimum absolute atomic E-state index is 0.0187. The molecule has 0 radical (unpaired) electrons. The van der Waals surface area contributed by atoms with Crippen molar-refractivity contribution in [3.05, 3.63) is 57.4 Å². The molecule has 0 aliphatic heterocycles. The largest absolute Gasteiger partial charge is 0.356 e. The number of hydrogen-bond acceptors (Lipinski definition) is 2. The molecule has 0 fully saturated rings. The predicted molar refractivity (Wildman–Crippen MR) is 88.4 cm³/mol. The average Bonchev–Trinajstić information content (AvgIpc) is 2.90. The number of rotatable bonds is 6. The highest BCUT2D eigenvalue weighted by Crippen LogP contribution is 2.12. The molecule has 2 rings (SSSR count). The highest BCUT2D eigenvalue weighted by Gasteiger charge is 2.17. The van der Waals surface area contributed by atoms with E-state index in [0.717, 1.165) is 15.6 Å². The van der Waals surface area contributed by atoms with Gasteiger partial charge in [-0.15, -0.1) is 0 Å². The minimum atomic E-state index is 0.0187. The van der Waals surface area contributed by atoms with Crippen molar-refractivity contribution in [3.8, 4) is 0 Å². The number of aromatic nitrogens is 1. The van der Waals surface area contributed by atoms with Gasteiger partial charge in [-0.05, 0) is 47.2 Å². The first-order valence-corrected chi connectivity index (χ1v) is 7.66. The van der Waals surface area contributed by atoms with Crippen molar-refractivity contribution in [2.45, 2.75) is 13.0 Å². The lowest BCUT2D eigenvalue weighted by Crippen LogP contribution is -2.32. The van der Waals surface area contributed by atoms with Crippen molar-refractivity contribution >= 4 is 28.5 Å². The molecule has 0 unspecified atom stereocenters. The summed E-state index contributed by atoms with van der Waals surface area (Å²) in [6.45, 7) is 1.86. The number of nitrogens with two attached hydrogens (primary N) is 1. The molecule has 106 valence electrons. The number of nitrogens with one attached hydrogen (secondary N) is 1. The molecule has 1 heterocycles. The number of hydrogen-bond donors (Lipinski definition) is 2. The second kappa shape index (κ2) is 7.44. The van der Waals surface area contributed by atoms with E-state index in [-0.39, 0.29) is 5.91 Å². The summed E-state index contributed by atoms with van der Waals surface area (Å²) in [7, 11) is 0. The molecule has 0 saturated heterocycles. The molecule has 0 bridgehead atoms. The molecule has 1 aromatic heterocycles. The van der Waals surface area contributed by atoms with Gasteiger partial charge in [-0.2, -0.15) is 0 Å². The normalized spacial score (nSPS) is 10.5. The van der Waals surface area contributed by atoms with Crippen LogP contribution in [0.4, 0.5) is 0 Å². The van der Waals surface area contributed by atoms with E-state index in [1.165, 1.54) is 0 Å². The van der Waals surface area contributed by atoms with Gasteiger partial charge in [0, 0.05) is 22.9 Å². The Morgan fingerprint density at radius 2 is 2.05 bits per heavy atom. The number of carbonyl (C=O) groups is 1. The zero-order valence-electron chi connectivity index (χ0n) is 11.2. The number of aromatic amines is 1. The second-order valence-corrected chi connectivity index (χ2v) is 5.83. The van der Waals surface area contributed by atoms with Gasteiger partial charge in [0.25, 0.3) is 5.91 Å². The maximum Gasteiger partial charge on any atom is 0.270 e. The Morgan fingerprint density at radius 3 is 2.65 bits per heavy atom. The monoisotopic (exact) mass is 383 g/mol. The maximum atomic E-state index is 12.5. The Bertz CT molecular complexity index is 553. The summed E-state index contributed by atoms with van der Waals surface area (Å²) in [5.74, 6) is 0.0187. The Hall–Kier alpha value is -1.34. The molecular weight excluding hydrogens is 365 g/mol. The number of benzene rings is 1. The van der Waals surface area contributed by atoms with Crippen LogP contribution in [0.5, 0.6) is 0 Å². The number of halogens is 1.